The first kappa shape index (κ1) is 17.0. The summed E-state index contributed by atoms with van der Waals surface area (Å²) in [4.78, 5) is 26.4. The maximum atomic E-state index is 13.0. The third-order valence-corrected chi connectivity index (χ3v) is 5.36. The molecule has 4 rings (SSSR count). The molecule has 2 aromatic rings. The van der Waals surface area contributed by atoms with Crippen molar-refractivity contribution in [1.29, 1.82) is 0 Å². The zero-order chi connectivity index (χ0) is 18.1. The van der Waals surface area contributed by atoms with E-state index in [0.717, 1.165) is 50.3 Å². The summed E-state index contributed by atoms with van der Waals surface area (Å²) in [5.41, 5.74) is 3.84. The zero-order valence-corrected chi connectivity index (χ0v) is 15.6. The molecule has 1 aromatic carbocycles. The molecule has 1 unspecified atom stereocenters. The van der Waals surface area contributed by atoms with Gasteiger partial charge in [-0.05, 0) is 56.2 Å². The van der Waals surface area contributed by atoms with E-state index in [-0.39, 0.29) is 5.91 Å². The number of piperidine rings is 1. The molecule has 1 amide bonds. The van der Waals surface area contributed by atoms with E-state index in [9.17, 15) is 4.79 Å². The molecule has 136 valence electrons. The van der Waals surface area contributed by atoms with Crippen molar-refractivity contribution >= 4 is 17.5 Å². The normalized spacial score (nSPS) is 20.0. The van der Waals surface area contributed by atoms with Crippen LogP contribution >= 0.6 is 0 Å². The number of nitrogens with zero attached hydrogens (tertiary/aromatic N) is 4. The number of carbonyl (C=O) groups is 1. The van der Waals surface area contributed by atoms with E-state index in [2.05, 4.69) is 40.0 Å². The lowest BCUT2D eigenvalue weighted by Gasteiger charge is -2.32. The number of fused-ring (bicyclic) bond motifs is 1. The SMILES string of the molecule is Cc1cc(C(=O)N2CCCC(C)C2)nc(N2CCCc3ccccc32)n1. The molecule has 1 saturated heterocycles. The molecule has 0 radical (unpaired) electrons. The summed E-state index contributed by atoms with van der Waals surface area (Å²) >= 11 is 0. The highest BCUT2D eigenvalue weighted by Gasteiger charge is 2.25. The van der Waals surface area contributed by atoms with Crippen LogP contribution in [0.15, 0.2) is 30.3 Å². The van der Waals surface area contributed by atoms with Crippen molar-refractivity contribution < 1.29 is 4.79 Å². The molecule has 0 saturated carbocycles. The summed E-state index contributed by atoms with van der Waals surface area (Å²) in [7, 11) is 0. The van der Waals surface area contributed by atoms with Gasteiger partial charge in [0.2, 0.25) is 5.95 Å². The van der Waals surface area contributed by atoms with Gasteiger partial charge in [-0.3, -0.25) is 4.79 Å². The summed E-state index contributed by atoms with van der Waals surface area (Å²) in [6.07, 6.45) is 4.42. The second-order valence-electron chi connectivity index (χ2n) is 7.58. The van der Waals surface area contributed by atoms with Gasteiger partial charge in [0.05, 0.1) is 0 Å². The molecule has 0 spiro atoms. The van der Waals surface area contributed by atoms with Gasteiger partial charge in [-0.15, -0.1) is 0 Å². The lowest BCUT2D eigenvalue weighted by Crippen LogP contribution is -2.39. The molecule has 2 aliphatic heterocycles. The highest BCUT2D eigenvalue weighted by atomic mass is 16.2. The number of aryl methyl sites for hydroxylation is 2. The summed E-state index contributed by atoms with van der Waals surface area (Å²) in [5.74, 6) is 1.24. The molecular weight excluding hydrogens is 324 g/mol. The minimum absolute atomic E-state index is 0.0357. The average molecular weight is 350 g/mol. The molecule has 3 heterocycles. The second-order valence-corrected chi connectivity index (χ2v) is 7.58. The van der Waals surface area contributed by atoms with Crippen molar-refractivity contribution in [3.8, 4) is 0 Å². The number of likely N-dealkylation sites (tertiary alicyclic amines) is 1. The quantitative estimate of drug-likeness (QED) is 0.828. The summed E-state index contributed by atoms with van der Waals surface area (Å²) in [5, 5.41) is 0. The van der Waals surface area contributed by atoms with Gasteiger partial charge in [-0.1, -0.05) is 25.1 Å². The van der Waals surface area contributed by atoms with Crippen molar-refractivity contribution in [3.63, 3.8) is 0 Å². The van der Waals surface area contributed by atoms with Crippen molar-refractivity contribution in [1.82, 2.24) is 14.9 Å². The van der Waals surface area contributed by atoms with Crippen molar-refractivity contribution in [2.75, 3.05) is 24.5 Å². The number of benzene rings is 1. The summed E-state index contributed by atoms with van der Waals surface area (Å²) in [6.45, 7) is 6.68. The first-order valence-corrected chi connectivity index (χ1v) is 9.62. The van der Waals surface area contributed by atoms with Gasteiger partial charge < -0.3 is 9.80 Å². The number of rotatable bonds is 2. The van der Waals surface area contributed by atoms with Gasteiger partial charge in [0.25, 0.3) is 5.91 Å². The Morgan fingerprint density at radius 3 is 2.85 bits per heavy atom. The van der Waals surface area contributed by atoms with Gasteiger partial charge in [-0.25, -0.2) is 9.97 Å². The van der Waals surface area contributed by atoms with Crippen molar-refractivity contribution in [2.45, 2.75) is 39.5 Å². The Balaban J connectivity index is 1.66. The zero-order valence-electron chi connectivity index (χ0n) is 15.6. The topological polar surface area (TPSA) is 49.3 Å². The third-order valence-electron chi connectivity index (χ3n) is 5.36. The predicted molar refractivity (Wildman–Crippen MR) is 103 cm³/mol. The van der Waals surface area contributed by atoms with E-state index >= 15 is 0 Å². The predicted octanol–water partition coefficient (Wildman–Crippen LogP) is 3.74. The van der Waals surface area contributed by atoms with Crippen LogP contribution in [-0.4, -0.2) is 40.4 Å². The number of carbonyl (C=O) groups excluding carboxylic acids is 1. The summed E-state index contributed by atoms with van der Waals surface area (Å²) in [6, 6.07) is 10.2. The van der Waals surface area contributed by atoms with Gasteiger partial charge >= 0.3 is 0 Å². The number of aromatic nitrogens is 2. The Bertz CT molecular complexity index is 819. The Hall–Kier alpha value is -2.43. The standard InChI is InChI=1S/C21H26N4O/c1-15-7-5-11-24(14-15)20(26)18-13-16(2)22-21(23-18)25-12-6-9-17-8-3-4-10-19(17)25/h3-4,8,10,13,15H,5-7,9,11-12,14H2,1-2H3. The number of anilines is 2. The van der Waals surface area contributed by atoms with Crippen LogP contribution in [-0.2, 0) is 6.42 Å². The van der Waals surface area contributed by atoms with E-state index in [1.807, 2.05) is 24.0 Å². The van der Waals surface area contributed by atoms with Crippen LogP contribution in [0, 0.1) is 12.8 Å². The molecule has 5 heteroatoms. The molecule has 0 bridgehead atoms. The fourth-order valence-electron chi connectivity index (χ4n) is 4.06. The average Bonchev–Trinajstić information content (AvgIpc) is 2.66. The summed E-state index contributed by atoms with van der Waals surface area (Å²) < 4.78 is 0. The Kier molecular flexibility index (Phi) is 4.62. The monoisotopic (exact) mass is 350 g/mol. The number of hydrogen-bond acceptors (Lipinski definition) is 4. The highest BCUT2D eigenvalue weighted by molar-refractivity contribution is 5.93. The van der Waals surface area contributed by atoms with E-state index in [0.29, 0.717) is 17.6 Å². The van der Waals surface area contributed by atoms with Gasteiger partial charge in [-0.2, -0.15) is 0 Å². The molecule has 1 aromatic heterocycles. The van der Waals surface area contributed by atoms with Gasteiger partial charge in [0.15, 0.2) is 0 Å². The van der Waals surface area contributed by atoms with Crippen molar-refractivity contribution in [2.24, 2.45) is 5.92 Å². The molecule has 0 N–H and O–H groups in total. The third kappa shape index (κ3) is 3.30. The minimum atomic E-state index is 0.0357. The molecule has 0 aliphatic carbocycles. The van der Waals surface area contributed by atoms with Gasteiger partial charge in [0.1, 0.15) is 5.69 Å². The number of para-hydroxylation sites is 1. The smallest absolute Gasteiger partial charge is 0.272 e. The van der Waals surface area contributed by atoms with Crippen LogP contribution in [0.2, 0.25) is 0 Å². The van der Waals surface area contributed by atoms with E-state index in [4.69, 9.17) is 0 Å². The van der Waals surface area contributed by atoms with Gasteiger partial charge in [0, 0.05) is 31.0 Å². The van der Waals surface area contributed by atoms with E-state index in [1.54, 1.807) is 0 Å². The van der Waals surface area contributed by atoms with Crippen LogP contribution in [0.4, 0.5) is 11.6 Å². The lowest BCUT2D eigenvalue weighted by molar-refractivity contribution is 0.0677. The van der Waals surface area contributed by atoms with Crippen LogP contribution < -0.4 is 4.90 Å². The van der Waals surface area contributed by atoms with E-state index < -0.39 is 0 Å². The first-order chi connectivity index (χ1) is 12.6. The first-order valence-electron chi connectivity index (χ1n) is 9.62. The van der Waals surface area contributed by atoms with Crippen LogP contribution in [0.25, 0.3) is 0 Å². The minimum Gasteiger partial charge on any atom is -0.337 e. The molecule has 2 aliphatic rings. The molecule has 26 heavy (non-hydrogen) atoms. The van der Waals surface area contributed by atoms with Crippen LogP contribution in [0.1, 0.15) is 47.9 Å². The molecule has 5 nitrogen and oxygen atoms in total. The fourth-order valence-corrected chi connectivity index (χ4v) is 4.06. The fraction of sp³-hybridized carbons (Fsp3) is 0.476. The lowest BCUT2D eigenvalue weighted by atomic mass is 10.00. The molecule has 1 atom stereocenters. The molecular formula is C21H26N4O. The number of amides is 1. The maximum absolute atomic E-state index is 13.0. The largest absolute Gasteiger partial charge is 0.337 e. The Morgan fingerprint density at radius 2 is 2.00 bits per heavy atom. The maximum Gasteiger partial charge on any atom is 0.272 e. The highest BCUT2D eigenvalue weighted by Crippen LogP contribution is 2.31. The number of hydrogen-bond donors (Lipinski definition) is 0. The second kappa shape index (κ2) is 7.06. The molecule has 1 fully saturated rings. The van der Waals surface area contributed by atoms with Crippen LogP contribution in [0.5, 0.6) is 0 Å². The van der Waals surface area contributed by atoms with E-state index in [1.165, 1.54) is 12.0 Å². The van der Waals surface area contributed by atoms with Crippen LogP contribution in [0.3, 0.4) is 0 Å². The Morgan fingerprint density at radius 1 is 1.15 bits per heavy atom. The van der Waals surface area contributed by atoms with Crippen molar-refractivity contribution in [3.05, 3.63) is 47.3 Å². The Labute approximate surface area is 155 Å².